The number of hydrogen-bond acceptors (Lipinski definition) is 5. The molecular formula is C17H13ClN4O3S. The van der Waals surface area contributed by atoms with Crippen LogP contribution in [0.25, 0.3) is 5.69 Å². The standard InChI is InChI=1S/C17H13ClN4O3S/c18-14-3-1-2-4-16(14)21-9-12(8-19-21)20-17(23)13-7-11(10-26)5-6-15(13)22(24)25/h1-9,26H,10H2,(H,20,23). The zero-order chi connectivity index (χ0) is 18.7. The number of halogens is 1. The fraction of sp³-hybridized carbons (Fsp3) is 0.0588. The summed E-state index contributed by atoms with van der Waals surface area (Å²) in [5.41, 5.74) is 1.44. The summed E-state index contributed by atoms with van der Waals surface area (Å²) < 4.78 is 1.51. The van der Waals surface area contributed by atoms with Gasteiger partial charge in [0, 0.05) is 11.8 Å². The first-order valence-electron chi connectivity index (χ1n) is 7.48. The lowest BCUT2D eigenvalue weighted by molar-refractivity contribution is -0.385. The van der Waals surface area contributed by atoms with E-state index in [-0.39, 0.29) is 11.3 Å². The van der Waals surface area contributed by atoms with Gasteiger partial charge in [0.2, 0.25) is 0 Å². The smallest absolute Gasteiger partial charge is 0.282 e. The number of aromatic nitrogens is 2. The minimum Gasteiger partial charge on any atom is -0.319 e. The molecule has 26 heavy (non-hydrogen) atoms. The summed E-state index contributed by atoms with van der Waals surface area (Å²) in [6.45, 7) is 0. The number of para-hydroxylation sites is 1. The van der Waals surface area contributed by atoms with Gasteiger partial charge in [-0.3, -0.25) is 14.9 Å². The van der Waals surface area contributed by atoms with Crippen molar-refractivity contribution < 1.29 is 9.72 Å². The molecular weight excluding hydrogens is 376 g/mol. The van der Waals surface area contributed by atoms with Gasteiger partial charge in [0.15, 0.2) is 0 Å². The molecule has 2 aromatic carbocycles. The molecule has 7 nitrogen and oxygen atoms in total. The molecule has 0 saturated carbocycles. The first-order valence-corrected chi connectivity index (χ1v) is 8.49. The third-order valence-electron chi connectivity index (χ3n) is 3.62. The zero-order valence-electron chi connectivity index (χ0n) is 13.3. The lowest BCUT2D eigenvalue weighted by atomic mass is 10.1. The Bertz CT molecular complexity index is 990. The van der Waals surface area contributed by atoms with Crippen molar-refractivity contribution in [3.8, 4) is 5.69 Å². The molecule has 0 fully saturated rings. The van der Waals surface area contributed by atoms with E-state index < -0.39 is 10.8 Å². The van der Waals surface area contributed by atoms with Gasteiger partial charge in [0.1, 0.15) is 5.56 Å². The van der Waals surface area contributed by atoms with Gasteiger partial charge in [-0.2, -0.15) is 17.7 Å². The summed E-state index contributed by atoms with van der Waals surface area (Å²) in [4.78, 5) is 23.1. The van der Waals surface area contributed by atoms with E-state index in [1.54, 1.807) is 30.5 Å². The fourth-order valence-electron chi connectivity index (χ4n) is 2.38. The van der Waals surface area contributed by atoms with E-state index in [0.717, 1.165) is 0 Å². The number of carbonyl (C=O) groups is 1. The number of nitrogens with one attached hydrogen (secondary N) is 1. The average Bonchev–Trinajstić information content (AvgIpc) is 3.09. The SMILES string of the molecule is O=C(Nc1cnn(-c2ccccc2Cl)c1)c1cc(CS)ccc1[N+](=O)[O-]. The summed E-state index contributed by atoms with van der Waals surface area (Å²) >= 11 is 10.3. The Morgan fingerprint density at radius 3 is 2.77 bits per heavy atom. The van der Waals surface area contributed by atoms with E-state index in [9.17, 15) is 14.9 Å². The summed E-state index contributed by atoms with van der Waals surface area (Å²) in [5, 5.41) is 18.5. The first kappa shape index (κ1) is 18.0. The highest BCUT2D eigenvalue weighted by Crippen LogP contribution is 2.24. The van der Waals surface area contributed by atoms with Crippen LogP contribution < -0.4 is 5.32 Å². The molecule has 1 aromatic heterocycles. The van der Waals surface area contributed by atoms with Gasteiger partial charge in [-0.15, -0.1) is 0 Å². The van der Waals surface area contributed by atoms with Crippen molar-refractivity contribution in [3.63, 3.8) is 0 Å². The lowest BCUT2D eigenvalue weighted by Gasteiger charge is -2.06. The Balaban J connectivity index is 1.88. The van der Waals surface area contributed by atoms with Gasteiger partial charge in [0.05, 0.1) is 33.7 Å². The van der Waals surface area contributed by atoms with Gasteiger partial charge in [-0.1, -0.05) is 29.8 Å². The van der Waals surface area contributed by atoms with Crippen molar-refractivity contribution in [1.29, 1.82) is 0 Å². The molecule has 0 atom stereocenters. The van der Waals surface area contributed by atoms with Crippen LogP contribution in [-0.2, 0) is 5.75 Å². The number of carbonyl (C=O) groups excluding carboxylic acids is 1. The number of nitro benzene ring substituents is 1. The molecule has 1 heterocycles. The quantitative estimate of drug-likeness (QED) is 0.391. The van der Waals surface area contributed by atoms with Gasteiger partial charge in [0.25, 0.3) is 11.6 Å². The number of rotatable bonds is 5. The molecule has 3 aromatic rings. The zero-order valence-corrected chi connectivity index (χ0v) is 14.9. The van der Waals surface area contributed by atoms with Crippen LogP contribution in [0.15, 0.2) is 54.9 Å². The summed E-state index contributed by atoms with van der Waals surface area (Å²) in [5.74, 6) is -0.234. The lowest BCUT2D eigenvalue weighted by Crippen LogP contribution is -2.14. The van der Waals surface area contributed by atoms with Crippen LogP contribution in [0.4, 0.5) is 11.4 Å². The van der Waals surface area contributed by atoms with Crippen molar-refractivity contribution in [3.05, 3.63) is 81.1 Å². The number of thiol groups is 1. The summed E-state index contributed by atoms with van der Waals surface area (Å²) in [7, 11) is 0. The maximum absolute atomic E-state index is 12.5. The number of nitrogens with zero attached hydrogens (tertiary/aromatic N) is 3. The third-order valence-corrected chi connectivity index (χ3v) is 4.31. The van der Waals surface area contributed by atoms with E-state index in [4.69, 9.17) is 11.6 Å². The van der Waals surface area contributed by atoms with Crippen molar-refractivity contribution in [1.82, 2.24) is 9.78 Å². The molecule has 0 aliphatic heterocycles. The van der Waals surface area contributed by atoms with Gasteiger partial charge in [-0.05, 0) is 23.8 Å². The largest absolute Gasteiger partial charge is 0.319 e. The number of anilines is 1. The van der Waals surface area contributed by atoms with Crippen molar-refractivity contribution in [2.24, 2.45) is 0 Å². The normalized spacial score (nSPS) is 10.5. The molecule has 0 saturated heterocycles. The van der Waals surface area contributed by atoms with Crippen LogP contribution in [0.2, 0.25) is 5.02 Å². The molecule has 1 N–H and O–H groups in total. The summed E-state index contributed by atoms with van der Waals surface area (Å²) in [6, 6.07) is 11.4. The second-order valence-corrected chi connectivity index (χ2v) is 6.07. The van der Waals surface area contributed by atoms with Crippen LogP contribution in [0.3, 0.4) is 0 Å². The van der Waals surface area contributed by atoms with Gasteiger partial charge >= 0.3 is 0 Å². The number of benzene rings is 2. The molecule has 0 bridgehead atoms. The Kier molecular flexibility index (Phi) is 5.24. The summed E-state index contributed by atoms with van der Waals surface area (Å²) in [6.07, 6.45) is 3.02. The molecule has 0 aliphatic carbocycles. The van der Waals surface area contributed by atoms with E-state index in [1.807, 2.05) is 6.07 Å². The van der Waals surface area contributed by atoms with Gasteiger partial charge < -0.3 is 5.32 Å². The molecule has 9 heteroatoms. The average molecular weight is 389 g/mol. The van der Waals surface area contributed by atoms with Crippen molar-refractivity contribution >= 4 is 41.5 Å². The second kappa shape index (κ2) is 7.59. The maximum atomic E-state index is 12.5. The fourth-order valence-corrected chi connectivity index (χ4v) is 2.80. The van der Waals surface area contributed by atoms with Crippen LogP contribution in [0, 0.1) is 10.1 Å². The molecule has 1 amide bonds. The Morgan fingerprint density at radius 2 is 2.08 bits per heavy atom. The minimum atomic E-state index is -0.598. The third kappa shape index (κ3) is 3.71. The molecule has 0 spiro atoms. The van der Waals surface area contributed by atoms with E-state index in [2.05, 4.69) is 23.0 Å². The van der Waals surface area contributed by atoms with Gasteiger partial charge in [-0.25, -0.2) is 4.68 Å². The highest BCUT2D eigenvalue weighted by atomic mass is 35.5. The topological polar surface area (TPSA) is 90.1 Å². The monoisotopic (exact) mass is 388 g/mol. The Morgan fingerprint density at radius 1 is 1.31 bits per heavy atom. The van der Waals surface area contributed by atoms with Crippen molar-refractivity contribution in [2.45, 2.75) is 5.75 Å². The second-order valence-electron chi connectivity index (χ2n) is 5.35. The first-order chi connectivity index (χ1) is 12.5. The molecule has 132 valence electrons. The predicted molar refractivity (Wildman–Crippen MR) is 102 cm³/mol. The Labute approximate surface area is 159 Å². The van der Waals surface area contributed by atoms with E-state index >= 15 is 0 Å². The molecule has 0 aliphatic rings. The highest BCUT2D eigenvalue weighted by Gasteiger charge is 2.21. The minimum absolute atomic E-state index is 0.0351. The van der Waals surface area contributed by atoms with E-state index in [0.29, 0.717) is 27.7 Å². The van der Waals surface area contributed by atoms with Crippen LogP contribution in [-0.4, -0.2) is 20.6 Å². The van der Waals surface area contributed by atoms with Crippen LogP contribution in [0.5, 0.6) is 0 Å². The molecule has 3 rings (SSSR count). The maximum Gasteiger partial charge on any atom is 0.282 e. The Hall–Kier alpha value is -2.84. The van der Waals surface area contributed by atoms with Crippen LogP contribution >= 0.6 is 24.2 Å². The van der Waals surface area contributed by atoms with E-state index in [1.165, 1.54) is 23.0 Å². The van der Waals surface area contributed by atoms with Crippen molar-refractivity contribution in [2.75, 3.05) is 5.32 Å². The number of nitro groups is 1. The molecule has 0 unspecified atom stereocenters. The highest BCUT2D eigenvalue weighted by molar-refractivity contribution is 7.79. The van der Waals surface area contributed by atoms with Crippen LogP contribution in [0.1, 0.15) is 15.9 Å². The molecule has 0 radical (unpaired) electrons. The number of amides is 1. The number of hydrogen-bond donors (Lipinski definition) is 2. The predicted octanol–water partition coefficient (Wildman–Crippen LogP) is 4.12.